The van der Waals surface area contributed by atoms with E-state index in [1.165, 1.54) is 0 Å². The van der Waals surface area contributed by atoms with Gasteiger partial charge in [0.25, 0.3) is 0 Å². The van der Waals surface area contributed by atoms with Crippen LogP contribution in [0.2, 0.25) is 0 Å². The van der Waals surface area contributed by atoms with E-state index in [1.54, 1.807) is 0 Å². The predicted octanol–water partition coefficient (Wildman–Crippen LogP) is 3.16. The van der Waals surface area contributed by atoms with Gasteiger partial charge < -0.3 is 10.0 Å². The zero-order valence-electron chi connectivity index (χ0n) is 10.8. The number of hydrogen-bond acceptors (Lipinski definition) is 2. The number of carbonyl (C=O) groups is 1. The van der Waals surface area contributed by atoms with Gasteiger partial charge in [-0.05, 0) is 31.9 Å². The summed E-state index contributed by atoms with van der Waals surface area (Å²) >= 11 is 0. The third-order valence-corrected chi connectivity index (χ3v) is 3.47. The van der Waals surface area contributed by atoms with Crippen LogP contribution in [0.5, 0.6) is 0 Å². The van der Waals surface area contributed by atoms with Crippen LogP contribution >= 0.6 is 0 Å². The topological polar surface area (TPSA) is 40.5 Å². The number of benzene rings is 1. The zero-order chi connectivity index (χ0) is 12.9. The number of nitrogens with zero attached hydrogens (tertiary/aromatic N) is 1. The molecule has 1 aromatic rings. The molecule has 0 saturated carbocycles. The number of anilines is 1. The van der Waals surface area contributed by atoms with E-state index in [1.807, 2.05) is 56.0 Å². The van der Waals surface area contributed by atoms with Gasteiger partial charge >= 0.3 is 5.97 Å². The van der Waals surface area contributed by atoms with Crippen molar-refractivity contribution in [3.05, 3.63) is 30.3 Å². The van der Waals surface area contributed by atoms with Gasteiger partial charge in [0, 0.05) is 12.2 Å². The van der Waals surface area contributed by atoms with Crippen molar-refractivity contribution < 1.29 is 9.90 Å². The largest absolute Gasteiger partial charge is 0.479 e. The summed E-state index contributed by atoms with van der Waals surface area (Å²) in [6.45, 7) is 6.56. The molecule has 1 N–H and O–H groups in total. The van der Waals surface area contributed by atoms with E-state index in [-0.39, 0.29) is 0 Å². The molecule has 0 aliphatic rings. The molecular weight excluding hydrogens is 214 g/mol. The first-order chi connectivity index (χ1) is 8.12. The molecule has 0 aromatic heterocycles. The maximum atomic E-state index is 11.6. The standard InChI is InChI=1S/C14H21NO2/c1-4-14(5-2,13(16)17)15(6-3)12-10-8-7-9-11-12/h7-11H,4-6H2,1-3H3,(H,16,17). The summed E-state index contributed by atoms with van der Waals surface area (Å²) in [7, 11) is 0. The Morgan fingerprint density at radius 1 is 1.18 bits per heavy atom. The number of para-hydroxylation sites is 1. The fourth-order valence-electron chi connectivity index (χ4n) is 2.39. The summed E-state index contributed by atoms with van der Waals surface area (Å²) in [4.78, 5) is 13.6. The first-order valence-corrected chi connectivity index (χ1v) is 6.18. The van der Waals surface area contributed by atoms with Crippen LogP contribution in [0.4, 0.5) is 5.69 Å². The first kappa shape index (κ1) is 13.6. The van der Waals surface area contributed by atoms with Gasteiger partial charge in [0.05, 0.1) is 0 Å². The lowest BCUT2D eigenvalue weighted by atomic mass is 9.90. The summed E-state index contributed by atoms with van der Waals surface area (Å²) in [5.74, 6) is -0.742. The molecule has 0 heterocycles. The molecule has 3 nitrogen and oxygen atoms in total. The molecule has 0 amide bonds. The molecule has 17 heavy (non-hydrogen) atoms. The highest BCUT2D eigenvalue weighted by atomic mass is 16.4. The molecule has 0 spiro atoms. The predicted molar refractivity (Wildman–Crippen MR) is 70.4 cm³/mol. The minimum absolute atomic E-state index is 0.599. The highest BCUT2D eigenvalue weighted by molar-refractivity contribution is 5.83. The Bertz CT molecular complexity index is 358. The summed E-state index contributed by atoms with van der Waals surface area (Å²) < 4.78 is 0. The van der Waals surface area contributed by atoms with Gasteiger partial charge in [0.2, 0.25) is 0 Å². The van der Waals surface area contributed by atoms with Crippen LogP contribution in [0.15, 0.2) is 30.3 Å². The van der Waals surface area contributed by atoms with Crippen molar-refractivity contribution in [1.29, 1.82) is 0 Å². The highest BCUT2D eigenvalue weighted by Crippen LogP contribution is 2.29. The van der Waals surface area contributed by atoms with Crippen molar-refractivity contribution in [2.24, 2.45) is 0 Å². The Morgan fingerprint density at radius 3 is 2.06 bits per heavy atom. The monoisotopic (exact) mass is 235 g/mol. The highest BCUT2D eigenvalue weighted by Gasteiger charge is 2.40. The lowest BCUT2D eigenvalue weighted by molar-refractivity contribution is -0.143. The van der Waals surface area contributed by atoms with Gasteiger partial charge in [-0.1, -0.05) is 32.0 Å². The minimum atomic E-state index is -0.796. The molecule has 0 bridgehead atoms. The van der Waals surface area contributed by atoms with Crippen LogP contribution < -0.4 is 4.90 Å². The smallest absolute Gasteiger partial charge is 0.329 e. The molecule has 1 rings (SSSR count). The lowest BCUT2D eigenvalue weighted by Gasteiger charge is -2.40. The van der Waals surface area contributed by atoms with E-state index in [9.17, 15) is 9.90 Å². The number of rotatable bonds is 6. The molecule has 0 saturated heterocycles. The SMILES string of the molecule is CCN(c1ccccc1)C(CC)(CC)C(=O)O. The van der Waals surface area contributed by atoms with Crippen LogP contribution in [0.3, 0.4) is 0 Å². The minimum Gasteiger partial charge on any atom is -0.479 e. The lowest BCUT2D eigenvalue weighted by Crippen LogP contribution is -2.54. The molecule has 3 heteroatoms. The van der Waals surface area contributed by atoms with Gasteiger partial charge in [-0.15, -0.1) is 0 Å². The second-order valence-corrected chi connectivity index (χ2v) is 4.12. The number of hydrogen-bond donors (Lipinski definition) is 1. The van der Waals surface area contributed by atoms with Crippen molar-refractivity contribution in [3.8, 4) is 0 Å². The Kier molecular flexibility index (Phi) is 4.55. The van der Waals surface area contributed by atoms with E-state index < -0.39 is 11.5 Å². The average molecular weight is 235 g/mol. The molecule has 0 radical (unpaired) electrons. The Morgan fingerprint density at radius 2 is 1.71 bits per heavy atom. The maximum absolute atomic E-state index is 11.6. The van der Waals surface area contributed by atoms with Gasteiger partial charge in [-0.3, -0.25) is 0 Å². The normalized spacial score (nSPS) is 11.2. The third-order valence-electron chi connectivity index (χ3n) is 3.47. The fourth-order valence-corrected chi connectivity index (χ4v) is 2.39. The number of aliphatic carboxylic acids is 1. The van der Waals surface area contributed by atoms with Crippen molar-refractivity contribution in [2.75, 3.05) is 11.4 Å². The first-order valence-electron chi connectivity index (χ1n) is 6.18. The molecule has 0 unspecified atom stereocenters. The molecular formula is C14H21NO2. The number of likely N-dealkylation sites (N-methyl/N-ethyl adjacent to an activating group) is 1. The molecule has 94 valence electrons. The van der Waals surface area contributed by atoms with Crippen molar-refractivity contribution >= 4 is 11.7 Å². The second-order valence-electron chi connectivity index (χ2n) is 4.12. The van der Waals surface area contributed by atoms with E-state index in [0.29, 0.717) is 19.4 Å². The van der Waals surface area contributed by atoms with E-state index in [0.717, 1.165) is 5.69 Å². The van der Waals surface area contributed by atoms with Crippen LogP contribution in [0, 0.1) is 0 Å². The van der Waals surface area contributed by atoms with Crippen LogP contribution in [0.25, 0.3) is 0 Å². The Hall–Kier alpha value is -1.51. The molecule has 0 atom stereocenters. The fraction of sp³-hybridized carbons (Fsp3) is 0.500. The summed E-state index contributed by atoms with van der Waals surface area (Å²) in [6, 6.07) is 9.75. The van der Waals surface area contributed by atoms with Gasteiger partial charge in [-0.25, -0.2) is 4.79 Å². The molecule has 0 aliphatic heterocycles. The number of carboxylic acid groups (broad SMARTS) is 1. The second kappa shape index (κ2) is 5.71. The summed E-state index contributed by atoms with van der Waals surface area (Å²) in [6.07, 6.45) is 1.20. The molecule has 0 fully saturated rings. The van der Waals surface area contributed by atoms with Crippen LogP contribution in [-0.4, -0.2) is 23.2 Å². The zero-order valence-corrected chi connectivity index (χ0v) is 10.8. The molecule has 0 aliphatic carbocycles. The quantitative estimate of drug-likeness (QED) is 0.823. The van der Waals surface area contributed by atoms with Crippen LogP contribution in [0.1, 0.15) is 33.6 Å². The Balaban J connectivity index is 3.19. The Labute approximate surface area is 103 Å². The third kappa shape index (κ3) is 2.43. The maximum Gasteiger partial charge on any atom is 0.329 e. The molecule has 1 aromatic carbocycles. The average Bonchev–Trinajstić information content (AvgIpc) is 2.36. The summed E-state index contributed by atoms with van der Waals surface area (Å²) in [5, 5.41) is 9.54. The van der Waals surface area contributed by atoms with Crippen molar-refractivity contribution in [2.45, 2.75) is 39.2 Å². The van der Waals surface area contributed by atoms with Gasteiger partial charge in [0.15, 0.2) is 0 Å². The van der Waals surface area contributed by atoms with E-state index in [2.05, 4.69) is 0 Å². The van der Waals surface area contributed by atoms with Crippen molar-refractivity contribution in [1.82, 2.24) is 0 Å². The van der Waals surface area contributed by atoms with Gasteiger partial charge in [-0.2, -0.15) is 0 Å². The number of carboxylic acids is 1. The van der Waals surface area contributed by atoms with E-state index >= 15 is 0 Å². The van der Waals surface area contributed by atoms with Gasteiger partial charge in [0.1, 0.15) is 5.54 Å². The van der Waals surface area contributed by atoms with E-state index in [4.69, 9.17) is 0 Å². The summed E-state index contributed by atoms with van der Waals surface area (Å²) in [5.41, 5.74) is 0.178. The van der Waals surface area contributed by atoms with Crippen LogP contribution in [-0.2, 0) is 4.79 Å². The van der Waals surface area contributed by atoms with Crippen molar-refractivity contribution in [3.63, 3.8) is 0 Å².